The first kappa shape index (κ1) is 16.3. The van der Waals surface area contributed by atoms with E-state index in [4.69, 9.17) is 0 Å². The van der Waals surface area contributed by atoms with Crippen LogP contribution in [0, 0.1) is 5.92 Å². The van der Waals surface area contributed by atoms with Crippen LogP contribution in [-0.2, 0) is 4.79 Å². The van der Waals surface area contributed by atoms with E-state index in [1.54, 1.807) is 11.3 Å². The maximum atomic E-state index is 12.7. The van der Waals surface area contributed by atoms with Crippen molar-refractivity contribution in [1.29, 1.82) is 0 Å². The van der Waals surface area contributed by atoms with E-state index in [0.29, 0.717) is 13.1 Å². The molecular weight excluding hydrogens is 332 g/mol. The molecule has 1 aromatic heterocycles. The summed E-state index contributed by atoms with van der Waals surface area (Å²) in [5, 5.41) is 5.18. The van der Waals surface area contributed by atoms with E-state index in [1.165, 1.54) is 4.88 Å². The Kier molecular flexibility index (Phi) is 4.57. The number of benzene rings is 1. The molecule has 25 heavy (non-hydrogen) atoms. The Morgan fingerprint density at radius 3 is 2.32 bits per heavy atom. The van der Waals surface area contributed by atoms with Crippen molar-refractivity contribution in [3.63, 3.8) is 0 Å². The molecule has 2 aromatic rings. The Labute approximate surface area is 151 Å². The van der Waals surface area contributed by atoms with E-state index < -0.39 is 0 Å². The third-order valence-electron chi connectivity index (χ3n) is 5.01. The van der Waals surface area contributed by atoms with Crippen molar-refractivity contribution in [2.75, 3.05) is 13.1 Å². The first-order valence-electron chi connectivity index (χ1n) is 8.94. The summed E-state index contributed by atoms with van der Waals surface area (Å²) in [6.45, 7) is 1.42. The summed E-state index contributed by atoms with van der Waals surface area (Å²) in [6, 6.07) is 12.2. The second kappa shape index (κ2) is 7.00. The van der Waals surface area contributed by atoms with E-state index in [0.717, 1.165) is 36.8 Å². The molecule has 2 amide bonds. The zero-order valence-corrected chi connectivity index (χ0v) is 14.9. The normalized spacial score (nSPS) is 18.2. The van der Waals surface area contributed by atoms with Crippen LogP contribution in [0.2, 0.25) is 0 Å². The van der Waals surface area contributed by atoms with E-state index in [1.807, 2.05) is 35.2 Å². The fourth-order valence-corrected chi connectivity index (χ4v) is 4.03. The summed E-state index contributed by atoms with van der Waals surface area (Å²) in [5.74, 6) is 0.542. The molecule has 130 valence electrons. The van der Waals surface area contributed by atoms with Gasteiger partial charge in [-0.05, 0) is 54.8 Å². The minimum Gasteiger partial charge on any atom is -0.353 e. The smallest absolute Gasteiger partial charge is 0.253 e. The van der Waals surface area contributed by atoms with Gasteiger partial charge in [0.1, 0.15) is 0 Å². The lowest BCUT2D eigenvalue weighted by atomic mass is 10.0. The maximum Gasteiger partial charge on any atom is 0.253 e. The van der Waals surface area contributed by atoms with Crippen molar-refractivity contribution in [1.82, 2.24) is 10.2 Å². The Balaban J connectivity index is 1.33. The highest BCUT2D eigenvalue weighted by Crippen LogP contribution is 2.29. The predicted octanol–water partition coefficient (Wildman–Crippen LogP) is 3.55. The number of nitrogens with zero attached hydrogens (tertiary/aromatic N) is 1. The van der Waals surface area contributed by atoms with Crippen LogP contribution in [0.25, 0.3) is 10.4 Å². The van der Waals surface area contributed by atoms with Crippen molar-refractivity contribution in [3.8, 4) is 10.4 Å². The monoisotopic (exact) mass is 354 g/mol. The van der Waals surface area contributed by atoms with Crippen LogP contribution in [0.5, 0.6) is 0 Å². The van der Waals surface area contributed by atoms with Crippen molar-refractivity contribution in [2.45, 2.75) is 31.7 Å². The van der Waals surface area contributed by atoms with Gasteiger partial charge in [0.15, 0.2) is 0 Å². The maximum absolute atomic E-state index is 12.7. The third kappa shape index (κ3) is 3.76. The van der Waals surface area contributed by atoms with Crippen LogP contribution in [0.15, 0.2) is 41.8 Å². The lowest BCUT2D eigenvalue weighted by Gasteiger charge is -2.32. The number of thiophene rings is 1. The quantitative estimate of drug-likeness (QED) is 0.913. The molecule has 0 bridgehead atoms. The average Bonchev–Trinajstić information content (AvgIpc) is 3.37. The number of amides is 2. The van der Waals surface area contributed by atoms with Gasteiger partial charge >= 0.3 is 0 Å². The molecule has 0 spiro atoms. The highest BCUT2D eigenvalue weighted by Gasteiger charge is 2.32. The lowest BCUT2D eigenvalue weighted by Crippen LogP contribution is -2.46. The van der Waals surface area contributed by atoms with Gasteiger partial charge in [-0.1, -0.05) is 18.2 Å². The molecule has 1 aliphatic carbocycles. The largest absolute Gasteiger partial charge is 0.353 e. The van der Waals surface area contributed by atoms with Gasteiger partial charge < -0.3 is 10.2 Å². The third-order valence-corrected chi connectivity index (χ3v) is 5.93. The summed E-state index contributed by atoms with van der Waals surface area (Å²) >= 11 is 1.70. The van der Waals surface area contributed by atoms with Crippen molar-refractivity contribution in [3.05, 3.63) is 47.3 Å². The van der Waals surface area contributed by atoms with Gasteiger partial charge in [-0.25, -0.2) is 0 Å². The highest BCUT2D eigenvalue weighted by atomic mass is 32.1. The molecule has 1 saturated heterocycles. The first-order chi connectivity index (χ1) is 12.2. The molecular formula is C20H22N2O2S. The fourth-order valence-electron chi connectivity index (χ4n) is 3.29. The number of likely N-dealkylation sites (tertiary alicyclic amines) is 1. The van der Waals surface area contributed by atoms with E-state index in [9.17, 15) is 9.59 Å². The molecule has 1 aromatic carbocycles. The zero-order chi connectivity index (χ0) is 17.2. The summed E-state index contributed by atoms with van der Waals surface area (Å²) in [6.07, 6.45) is 3.75. The van der Waals surface area contributed by atoms with Gasteiger partial charge in [-0.15, -0.1) is 11.3 Å². The van der Waals surface area contributed by atoms with E-state index in [-0.39, 0.29) is 23.8 Å². The van der Waals surface area contributed by atoms with Gasteiger partial charge in [0.25, 0.3) is 5.91 Å². The molecule has 1 saturated carbocycles. The van der Waals surface area contributed by atoms with Crippen LogP contribution in [0.1, 0.15) is 36.0 Å². The van der Waals surface area contributed by atoms with Crippen molar-refractivity contribution >= 4 is 23.2 Å². The van der Waals surface area contributed by atoms with Gasteiger partial charge in [-0.3, -0.25) is 9.59 Å². The number of carbonyl (C=O) groups excluding carboxylic acids is 2. The molecule has 4 rings (SSSR count). The Bertz CT molecular complexity index is 743. The van der Waals surface area contributed by atoms with Crippen molar-refractivity contribution < 1.29 is 9.59 Å². The molecule has 1 aliphatic heterocycles. The summed E-state index contributed by atoms with van der Waals surface area (Å²) in [4.78, 5) is 27.7. The number of carbonyl (C=O) groups is 2. The predicted molar refractivity (Wildman–Crippen MR) is 99.5 cm³/mol. The van der Waals surface area contributed by atoms with Gasteiger partial charge in [-0.2, -0.15) is 0 Å². The first-order valence-corrected chi connectivity index (χ1v) is 9.82. The van der Waals surface area contributed by atoms with Crippen LogP contribution < -0.4 is 5.32 Å². The number of nitrogens with one attached hydrogen (secondary N) is 1. The minimum absolute atomic E-state index is 0.0877. The second-order valence-corrected chi connectivity index (χ2v) is 7.85. The molecule has 0 unspecified atom stereocenters. The second-order valence-electron chi connectivity index (χ2n) is 6.90. The van der Waals surface area contributed by atoms with E-state index >= 15 is 0 Å². The summed E-state index contributed by atoms with van der Waals surface area (Å²) in [7, 11) is 0. The number of hydrogen-bond donors (Lipinski definition) is 1. The summed E-state index contributed by atoms with van der Waals surface area (Å²) < 4.78 is 0. The lowest BCUT2D eigenvalue weighted by molar-refractivity contribution is -0.123. The van der Waals surface area contributed by atoms with Crippen LogP contribution in [0.4, 0.5) is 0 Å². The number of hydrogen-bond acceptors (Lipinski definition) is 3. The molecule has 2 heterocycles. The molecule has 1 N–H and O–H groups in total. The highest BCUT2D eigenvalue weighted by molar-refractivity contribution is 7.13. The molecule has 2 aliphatic rings. The Hall–Kier alpha value is -2.14. The van der Waals surface area contributed by atoms with Gasteiger partial charge in [0.2, 0.25) is 5.91 Å². The molecule has 4 nitrogen and oxygen atoms in total. The number of piperidine rings is 1. The SMILES string of the molecule is O=C(NC1CCN(C(=O)c2ccc(-c3cccs3)cc2)CC1)C1CC1. The molecule has 5 heteroatoms. The minimum atomic E-state index is 0.0877. The summed E-state index contributed by atoms with van der Waals surface area (Å²) in [5.41, 5.74) is 1.88. The van der Waals surface area contributed by atoms with E-state index in [2.05, 4.69) is 16.8 Å². The number of rotatable bonds is 4. The van der Waals surface area contributed by atoms with Gasteiger partial charge in [0.05, 0.1) is 0 Å². The van der Waals surface area contributed by atoms with Crippen LogP contribution >= 0.6 is 11.3 Å². The average molecular weight is 354 g/mol. The van der Waals surface area contributed by atoms with Crippen LogP contribution in [0.3, 0.4) is 0 Å². The standard InChI is InChI=1S/C20H22N2O2S/c23-19(15-5-6-15)21-17-9-11-22(12-10-17)20(24)16-7-3-14(4-8-16)18-2-1-13-25-18/h1-4,7-8,13,15,17H,5-6,9-12H2,(H,21,23). The zero-order valence-electron chi connectivity index (χ0n) is 14.1. The topological polar surface area (TPSA) is 49.4 Å². The fraction of sp³-hybridized carbons (Fsp3) is 0.400. The van der Waals surface area contributed by atoms with Crippen LogP contribution in [-0.4, -0.2) is 35.8 Å². The Morgan fingerprint density at radius 1 is 1.00 bits per heavy atom. The molecule has 0 radical (unpaired) electrons. The molecule has 0 atom stereocenters. The Morgan fingerprint density at radius 2 is 1.72 bits per heavy atom. The van der Waals surface area contributed by atoms with Crippen molar-refractivity contribution in [2.24, 2.45) is 5.92 Å². The molecule has 2 fully saturated rings. The van der Waals surface area contributed by atoms with Gasteiger partial charge in [0, 0.05) is 35.5 Å².